The summed E-state index contributed by atoms with van der Waals surface area (Å²) in [5, 5.41) is 83.0. The van der Waals surface area contributed by atoms with Crippen LogP contribution in [-0.2, 0) is 38.1 Å². The molecule has 7 aliphatic rings. The molecule has 0 bridgehead atoms. The van der Waals surface area contributed by atoms with Gasteiger partial charge in [-0.15, -0.1) is 0 Å². The van der Waals surface area contributed by atoms with E-state index < -0.39 is 107 Å². The molecule has 0 aromatic heterocycles. The van der Waals surface area contributed by atoms with Crippen molar-refractivity contribution in [2.24, 2.45) is 50.2 Å². The van der Waals surface area contributed by atoms with Gasteiger partial charge in [0.25, 0.3) is 0 Å². The van der Waals surface area contributed by atoms with Crippen LogP contribution in [0.15, 0.2) is 11.6 Å². The maximum atomic E-state index is 14.8. The molecule has 0 unspecified atom stereocenters. The van der Waals surface area contributed by atoms with Crippen LogP contribution in [-0.4, -0.2) is 178 Å². The second-order valence-electron chi connectivity index (χ2n) is 20.6. The summed E-state index contributed by atoms with van der Waals surface area (Å²) < 4.78 is 23.4. The summed E-state index contributed by atoms with van der Waals surface area (Å²) in [6, 6.07) is 0. The molecule has 17 heteroatoms. The van der Waals surface area contributed by atoms with Gasteiger partial charge in [-0.3, -0.25) is 9.59 Å². The first-order chi connectivity index (χ1) is 26.8. The summed E-state index contributed by atoms with van der Waals surface area (Å²) in [6.07, 6.45) is -12.2. The summed E-state index contributed by atoms with van der Waals surface area (Å²) in [4.78, 5) is 51.3. The zero-order chi connectivity index (χ0) is 42.9. The van der Waals surface area contributed by atoms with Gasteiger partial charge in [-0.1, -0.05) is 47.1 Å². The quantitative estimate of drug-likeness (QED) is 0.134. The van der Waals surface area contributed by atoms with E-state index in [0.717, 1.165) is 37.7 Å². The standard InChI is InChI=1S/C42H62O16.Sr/c1-37(2)21-8-11-42(7)31(20(43)16-18-19-17-39(4,36(53)54)13-12-38(19,3)14-15-41(18,42)6)40(21,5)10-9-22(37)55-35-30(26(47)25(46)29(57-35)33(51)52)58-34-27(48)23(44)24(45)28(56-34)32(49)50;/h16,19,21-31,34-35,44-48H,8-15,17H2,1-7H3,(H,49,50)(H,51,52)(H,53,54);/q;+2/t19-,21-,22-,23-,24-,25-,26-,27+,28-,29-,30+,31+,34-,35+,38+,39-,40-,41+,42+;/m0./s1. The van der Waals surface area contributed by atoms with Gasteiger partial charge in [-0.2, -0.15) is 0 Å². The molecular formula is C42H62O16Sr+2. The number of ketones is 1. The molecule has 0 radical (unpaired) electrons. The molecule has 4 saturated carbocycles. The molecule has 2 aliphatic heterocycles. The second kappa shape index (κ2) is 15.9. The molecule has 0 amide bonds. The Hall–Kier alpha value is -1.06. The Morgan fingerprint density at radius 2 is 1.27 bits per heavy atom. The number of carbonyl (C=O) groups is 4. The third-order valence-corrected chi connectivity index (χ3v) is 17.2. The van der Waals surface area contributed by atoms with E-state index in [2.05, 4.69) is 27.7 Å². The second-order valence-corrected chi connectivity index (χ2v) is 20.6. The summed E-state index contributed by atoms with van der Waals surface area (Å²) in [7, 11) is 0. The molecule has 0 aromatic carbocycles. The van der Waals surface area contributed by atoms with E-state index in [9.17, 15) is 60.0 Å². The molecule has 2 saturated heterocycles. The first-order valence-corrected chi connectivity index (χ1v) is 20.7. The van der Waals surface area contributed by atoms with Crippen molar-refractivity contribution in [1.82, 2.24) is 0 Å². The predicted octanol–water partition coefficient (Wildman–Crippen LogP) is 1.86. The number of hydrogen-bond acceptors (Lipinski definition) is 13. The van der Waals surface area contributed by atoms with E-state index in [1.807, 2.05) is 26.8 Å². The number of carboxylic acids is 3. The van der Waals surface area contributed by atoms with Crippen molar-refractivity contribution >= 4 is 69.2 Å². The molecular weight excluding hydrogens is 848 g/mol. The number of allylic oxidation sites excluding steroid dienone is 2. The van der Waals surface area contributed by atoms with Gasteiger partial charge in [0.2, 0.25) is 0 Å². The monoisotopic (exact) mass is 910 g/mol. The van der Waals surface area contributed by atoms with Crippen molar-refractivity contribution in [2.75, 3.05) is 0 Å². The SMILES string of the molecule is CC1(C)[C@@H](O[C@@H]2O[C@H](C(=O)O)[C@@H](O)[C@H](O)[C@H]2O[C@@H]2O[C@H](C(=O)O)[C@@H](O)[C@H](O)[C@H]2O)CC[C@]2(C)[C@H]3C(=O)C=C4[C@@H]5C[C@@](C)(C(=O)O)CC[C@]5(C)CC[C@@]4(C)[C@]3(C)CC[C@@H]12.[Sr+2]. The number of hydrogen-bond donors (Lipinski definition) is 8. The van der Waals surface area contributed by atoms with E-state index in [-0.39, 0.29) is 79.8 Å². The van der Waals surface area contributed by atoms with Crippen LogP contribution in [0.1, 0.15) is 106 Å². The van der Waals surface area contributed by atoms with Crippen LogP contribution >= 0.6 is 0 Å². The van der Waals surface area contributed by atoms with Crippen molar-refractivity contribution in [3.05, 3.63) is 11.6 Å². The fraction of sp³-hybridized carbons (Fsp3) is 0.857. The van der Waals surface area contributed by atoms with Gasteiger partial charge in [0.1, 0.15) is 36.6 Å². The Balaban J connectivity index is 0.00000585. The number of carboxylic acid groups (broad SMARTS) is 3. The van der Waals surface area contributed by atoms with Crippen LogP contribution in [0.25, 0.3) is 0 Å². The molecule has 59 heavy (non-hydrogen) atoms. The van der Waals surface area contributed by atoms with Crippen LogP contribution in [0.4, 0.5) is 0 Å². The van der Waals surface area contributed by atoms with Crippen molar-refractivity contribution in [1.29, 1.82) is 0 Å². The minimum atomic E-state index is -2.05. The number of aliphatic carboxylic acids is 3. The van der Waals surface area contributed by atoms with Gasteiger partial charge in [0, 0.05) is 5.92 Å². The zero-order valence-corrected chi connectivity index (χ0v) is 38.6. The normalized spacial score (nSPS) is 51.7. The molecule has 326 valence electrons. The van der Waals surface area contributed by atoms with E-state index in [4.69, 9.17) is 18.9 Å². The van der Waals surface area contributed by atoms with Gasteiger partial charge >= 0.3 is 63.4 Å². The fourth-order valence-corrected chi connectivity index (χ4v) is 13.4. The minimum absolute atomic E-state index is 0. The minimum Gasteiger partial charge on any atom is -0.481 e. The summed E-state index contributed by atoms with van der Waals surface area (Å²) >= 11 is 0. The smallest absolute Gasteiger partial charge is 0.481 e. The Kier molecular flexibility index (Phi) is 12.8. The van der Waals surface area contributed by atoms with E-state index >= 15 is 0 Å². The molecule has 19 atom stereocenters. The first kappa shape index (κ1) is 47.4. The van der Waals surface area contributed by atoms with E-state index in [0.29, 0.717) is 25.7 Å². The maximum Gasteiger partial charge on any atom is 2.00 e. The summed E-state index contributed by atoms with van der Waals surface area (Å²) in [6.45, 7) is 14.8. The number of carbonyl (C=O) groups excluding carboxylic acids is 1. The van der Waals surface area contributed by atoms with Crippen LogP contribution in [0.2, 0.25) is 0 Å². The maximum absolute atomic E-state index is 14.8. The Morgan fingerprint density at radius 3 is 1.86 bits per heavy atom. The zero-order valence-electron chi connectivity index (χ0n) is 35.1. The first-order valence-electron chi connectivity index (χ1n) is 20.7. The van der Waals surface area contributed by atoms with Gasteiger partial charge in [-0.05, 0) is 110 Å². The summed E-state index contributed by atoms with van der Waals surface area (Å²) in [5.41, 5.74) is -1.81. The topological polar surface area (TPSA) is 267 Å². The molecule has 16 nitrogen and oxygen atoms in total. The van der Waals surface area contributed by atoms with Crippen molar-refractivity contribution < 1.29 is 79.0 Å². The van der Waals surface area contributed by atoms with Crippen molar-refractivity contribution in [2.45, 2.75) is 174 Å². The van der Waals surface area contributed by atoms with Gasteiger partial charge in [-0.25, -0.2) is 9.59 Å². The largest absolute Gasteiger partial charge is 2.00 e. The van der Waals surface area contributed by atoms with Crippen LogP contribution in [0.5, 0.6) is 0 Å². The molecule has 2 heterocycles. The number of ether oxygens (including phenoxy) is 4. The van der Waals surface area contributed by atoms with Crippen LogP contribution < -0.4 is 0 Å². The Bertz CT molecular complexity index is 1740. The fourth-order valence-electron chi connectivity index (χ4n) is 13.4. The number of aliphatic hydroxyl groups is 5. The molecule has 7 rings (SSSR count). The molecule has 0 aromatic rings. The van der Waals surface area contributed by atoms with E-state index in [1.54, 1.807) is 0 Å². The van der Waals surface area contributed by atoms with Gasteiger partial charge < -0.3 is 59.8 Å². The van der Waals surface area contributed by atoms with Crippen LogP contribution in [0, 0.1) is 50.2 Å². The van der Waals surface area contributed by atoms with Crippen LogP contribution in [0.3, 0.4) is 0 Å². The van der Waals surface area contributed by atoms with Gasteiger partial charge in [0.15, 0.2) is 30.6 Å². The average Bonchev–Trinajstić information content (AvgIpc) is 3.13. The van der Waals surface area contributed by atoms with E-state index in [1.165, 1.54) is 0 Å². The molecule has 8 N–H and O–H groups in total. The Morgan fingerprint density at radius 1 is 0.695 bits per heavy atom. The average molecular weight is 911 g/mol. The molecule has 6 fully saturated rings. The molecule has 5 aliphatic carbocycles. The third-order valence-electron chi connectivity index (χ3n) is 17.2. The third kappa shape index (κ3) is 7.16. The number of aliphatic hydroxyl groups excluding tert-OH is 5. The van der Waals surface area contributed by atoms with Crippen molar-refractivity contribution in [3.8, 4) is 0 Å². The predicted molar refractivity (Wildman–Crippen MR) is 205 cm³/mol. The number of rotatable bonds is 7. The van der Waals surface area contributed by atoms with Gasteiger partial charge in [0.05, 0.1) is 11.5 Å². The molecule has 0 spiro atoms. The summed E-state index contributed by atoms with van der Waals surface area (Å²) in [5.74, 6) is -4.47. The number of fused-ring (bicyclic) bond motifs is 7. The Labute approximate surface area is 381 Å². The van der Waals surface area contributed by atoms with Crippen molar-refractivity contribution in [3.63, 3.8) is 0 Å².